The minimum absolute atomic E-state index is 0.0859. The van der Waals surface area contributed by atoms with E-state index in [0.717, 1.165) is 36.3 Å². The second-order valence-corrected chi connectivity index (χ2v) is 5.63. The van der Waals surface area contributed by atoms with E-state index in [9.17, 15) is 4.79 Å². The van der Waals surface area contributed by atoms with Gasteiger partial charge in [0.15, 0.2) is 11.5 Å². The van der Waals surface area contributed by atoms with E-state index in [1.54, 1.807) is 0 Å². The molecule has 6 heteroatoms. The molecule has 1 rings (SSSR count). The van der Waals surface area contributed by atoms with Crippen molar-refractivity contribution < 1.29 is 14.3 Å². The first-order chi connectivity index (χ1) is 12.7. The van der Waals surface area contributed by atoms with E-state index in [0.29, 0.717) is 26.3 Å². The largest absolute Gasteiger partial charge is 0.490 e. The number of carbonyl (C=O) groups is 1. The Morgan fingerprint density at radius 3 is 2.54 bits per heavy atom. The second kappa shape index (κ2) is 12.6. The fourth-order valence-electron chi connectivity index (χ4n) is 2.26. The van der Waals surface area contributed by atoms with E-state index in [1.807, 2.05) is 45.0 Å². The van der Waals surface area contributed by atoms with Crippen molar-refractivity contribution in [1.82, 2.24) is 10.6 Å². The average Bonchev–Trinajstić information content (AvgIpc) is 2.64. The van der Waals surface area contributed by atoms with Crippen molar-refractivity contribution in [2.24, 2.45) is 0 Å². The summed E-state index contributed by atoms with van der Waals surface area (Å²) in [6, 6.07) is 7.78. The Bertz CT molecular complexity index is 636. The van der Waals surface area contributed by atoms with Crippen molar-refractivity contribution in [3.63, 3.8) is 0 Å². The van der Waals surface area contributed by atoms with Crippen LogP contribution in [0.5, 0.6) is 11.5 Å². The zero-order valence-electron chi connectivity index (χ0n) is 15.9. The lowest BCUT2D eigenvalue weighted by Crippen LogP contribution is -2.26. The number of ether oxygens (including phenoxy) is 2. The van der Waals surface area contributed by atoms with Crippen LogP contribution < -0.4 is 20.1 Å². The van der Waals surface area contributed by atoms with Crippen LogP contribution in [0.4, 0.5) is 0 Å². The molecule has 0 aliphatic rings. The van der Waals surface area contributed by atoms with E-state index >= 15 is 0 Å². The first-order valence-electron chi connectivity index (χ1n) is 9.16. The van der Waals surface area contributed by atoms with E-state index in [-0.39, 0.29) is 11.5 Å². The highest BCUT2D eigenvalue weighted by molar-refractivity contribution is 5.97. The number of nitrogens with zero attached hydrogens (tertiary/aromatic N) is 1. The minimum atomic E-state index is -0.340. The molecule has 0 aromatic heterocycles. The smallest absolute Gasteiger partial charge is 0.263 e. The van der Waals surface area contributed by atoms with Gasteiger partial charge in [0.2, 0.25) is 0 Å². The summed E-state index contributed by atoms with van der Waals surface area (Å²) in [7, 11) is 0. The summed E-state index contributed by atoms with van der Waals surface area (Å²) >= 11 is 0. The number of rotatable bonds is 12. The Morgan fingerprint density at radius 1 is 1.15 bits per heavy atom. The molecule has 0 unspecified atom stereocenters. The van der Waals surface area contributed by atoms with Gasteiger partial charge in [-0.1, -0.05) is 19.4 Å². The van der Waals surface area contributed by atoms with Crippen LogP contribution in [0.3, 0.4) is 0 Å². The molecule has 2 N–H and O–H groups in total. The average molecular weight is 359 g/mol. The van der Waals surface area contributed by atoms with Crippen LogP contribution in [-0.4, -0.2) is 32.2 Å². The third-order valence-electron chi connectivity index (χ3n) is 3.59. The van der Waals surface area contributed by atoms with Crippen LogP contribution in [-0.2, 0) is 11.2 Å². The van der Waals surface area contributed by atoms with Crippen LogP contribution in [0.2, 0.25) is 0 Å². The van der Waals surface area contributed by atoms with Crippen molar-refractivity contribution in [2.45, 2.75) is 40.0 Å². The van der Waals surface area contributed by atoms with Gasteiger partial charge < -0.3 is 20.1 Å². The topological polar surface area (TPSA) is 83.4 Å². The van der Waals surface area contributed by atoms with Crippen molar-refractivity contribution >= 4 is 5.91 Å². The van der Waals surface area contributed by atoms with Gasteiger partial charge in [0.05, 0.1) is 13.2 Å². The Balaban J connectivity index is 2.56. The number of nitrogens with one attached hydrogen (secondary N) is 2. The highest BCUT2D eigenvalue weighted by Crippen LogP contribution is 2.28. The molecule has 0 atom stereocenters. The lowest BCUT2D eigenvalue weighted by Gasteiger charge is -2.12. The maximum absolute atomic E-state index is 11.9. The number of amides is 1. The number of benzene rings is 1. The van der Waals surface area contributed by atoms with Crippen molar-refractivity contribution in [1.29, 1.82) is 5.26 Å². The molecule has 0 heterocycles. The molecule has 1 amide bonds. The first kappa shape index (κ1) is 21.4. The second-order valence-electron chi connectivity index (χ2n) is 5.63. The molecule has 0 saturated carbocycles. The Hall–Kier alpha value is -2.68. The van der Waals surface area contributed by atoms with E-state index in [2.05, 4.69) is 10.6 Å². The lowest BCUT2D eigenvalue weighted by molar-refractivity contribution is -0.117. The Morgan fingerprint density at radius 2 is 1.88 bits per heavy atom. The van der Waals surface area contributed by atoms with Gasteiger partial charge in [0.25, 0.3) is 5.91 Å². The summed E-state index contributed by atoms with van der Waals surface area (Å²) < 4.78 is 11.2. The summed E-state index contributed by atoms with van der Waals surface area (Å²) in [5.74, 6) is 1.13. The van der Waals surface area contributed by atoms with Gasteiger partial charge in [-0.15, -0.1) is 0 Å². The van der Waals surface area contributed by atoms with Gasteiger partial charge in [-0.2, -0.15) is 5.26 Å². The van der Waals surface area contributed by atoms with Gasteiger partial charge in [-0.25, -0.2) is 0 Å². The molecular weight excluding hydrogens is 330 g/mol. The third kappa shape index (κ3) is 7.47. The summed E-state index contributed by atoms with van der Waals surface area (Å²) in [5, 5.41) is 14.9. The normalized spacial score (nSPS) is 10.8. The molecule has 0 spiro atoms. The molecule has 0 saturated heterocycles. The molecule has 142 valence electrons. The number of unbranched alkanes of at least 4 members (excludes halogenated alkanes) is 1. The maximum Gasteiger partial charge on any atom is 0.263 e. The molecule has 0 aliphatic heterocycles. The summed E-state index contributed by atoms with van der Waals surface area (Å²) in [6.45, 7) is 8.27. The molecule has 0 fully saturated rings. The predicted molar refractivity (Wildman–Crippen MR) is 102 cm³/mol. The van der Waals surface area contributed by atoms with Gasteiger partial charge in [0, 0.05) is 19.3 Å². The molecule has 0 aliphatic carbocycles. The molecular formula is C20H29N3O3. The van der Waals surface area contributed by atoms with E-state index in [4.69, 9.17) is 14.7 Å². The van der Waals surface area contributed by atoms with Crippen LogP contribution in [0, 0.1) is 11.3 Å². The summed E-state index contributed by atoms with van der Waals surface area (Å²) in [4.78, 5) is 11.9. The number of hydrogen-bond donors (Lipinski definition) is 2. The van der Waals surface area contributed by atoms with Crippen LogP contribution in [0.15, 0.2) is 30.0 Å². The standard InChI is InChI=1S/C20H29N3O3/c1-4-7-11-23-20(24)17(14-21)15-22-12-10-16-8-9-18(25-5-2)19(13-16)26-6-3/h8-9,13,15,22H,4-7,10-12H2,1-3H3,(H,23,24)/b17-15-. The molecule has 0 bridgehead atoms. The molecule has 1 aromatic carbocycles. The number of nitriles is 1. The van der Waals surface area contributed by atoms with Gasteiger partial charge in [0.1, 0.15) is 11.6 Å². The molecule has 26 heavy (non-hydrogen) atoms. The Kier molecular flexibility index (Phi) is 10.4. The molecule has 6 nitrogen and oxygen atoms in total. The quantitative estimate of drug-likeness (QED) is 0.341. The van der Waals surface area contributed by atoms with E-state index < -0.39 is 0 Å². The van der Waals surface area contributed by atoms with Gasteiger partial charge in [-0.3, -0.25) is 4.79 Å². The maximum atomic E-state index is 11.9. The third-order valence-corrected chi connectivity index (χ3v) is 3.59. The lowest BCUT2D eigenvalue weighted by atomic mass is 10.1. The summed E-state index contributed by atoms with van der Waals surface area (Å²) in [5.41, 5.74) is 1.17. The molecule has 0 radical (unpaired) electrons. The van der Waals surface area contributed by atoms with E-state index in [1.165, 1.54) is 6.20 Å². The minimum Gasteiger partial charge on any atom is -0.490 e. The zero-order valence-corrected chi connectivity index (χ0v) is 15.9. The van der Waals surface area contributed by atoms with Crippen LogP contribution in [0.25, 0.3) is 0 Å². The number of hydrogen-bond acceptors (Lipinski definition) is 5. The fourth-order valence-corrected chi connectivity index (χ4v) is 2.26. The van der Waals surface area contributed by atoms with Crippen LogP contribution in [0.1, 0.15) is 39.2 Å². The zero-order chi connectivity index (χ0) is 19.2. The first-order valence-corrected chi connectivity index (χ1v) is 9.16. The highest BCUT2D eigenvalue weighted by atomic mass is 16.5. The molecule has 1 aromatic rings. The van der Waals surface area contributed by atoms with Crippen LogP contribution >= 0.6 is 0 Å². The van der Waals surface area contributed by atoms with Crippen molar-refractivity contribution in [3.8, 4) is 17.6 Å². The van der Waals surface area contributed by atoms with Crippen molar-refractivity contribution in [2.75, 3.05) is 26.3 Å². The monoisotopic (exact) mass is 359 g/mol. The summed E-state index contributed by atoms with van der Waals surface area (Å²) in [6.07, 6.45) is 4.10. The van der Waals surface area contributed by atoms with Crippen molar-refractivity contribution in [3.05, 3.63) is 35.5 Å². The SMILES string of the molecule is CCCCNC(=O)/C(C#N)=C\NCCc1ccc(OCC)c(OCC)c1. The number of carbonyl (C=O) groups excluding carboxylic acids is 1. The van der Waals surface area contributed by atoms with Gasteiger partial charge >= 0.3 is 0 Å². The predicted octanol–water partition coefficient (Wildman–Crippen LogP) is 2.94. The van der Waals surface area contributed by atoms with Gasteiger partial charge in [-0.05, 0) is 44.4 Å². The highest BCUT2D eigenvalue weighted by Gasteiger charge is 2.08. The Labute approximate surface area is 156 Å². The fraction of sp³-hybridized carbons (Fsp3) is 0.500.